The lowest BCUT2D eigenvalue weighted by molar-refractivity contribution is 0.0614. The van der Waals surface area contributed by atoms with Gasteiger partial charge in [-0.15, -0.1) is 0 Å². The molecule has 9 heteroatoms. The second kappa shape index (κ2) is 8.58. The molecule has 0 N–H and O–H groups in total. The van der Waals surface area contributed by atoms with Crippen molar-refractivity contribution in [2.45, 2.75) is 6.54 Å². The Balaban J connectivity index is 1.33. The van der Waals surface area contributed by atoms with E-state index < -0.39 is 11.6 Å². The molecule has 3 aromatic rings. The first-order valence-corrected chi connectivity index (χ1v) is 9.46. The summed E-state index contributed by atoms with van der Waals surface area (Å²) in [6.07, 6.45) is 0. The van der Waals surface area contributed by atoms with Gasteiger partial charge >= 0.3 is 0 Å². The molecule has 7 nitrogen and oxygen atoms in total. The zero-order valence-corrected chi connectivity index (χ0v) is 16.3. The number of rotatable bonds is 5. The van der Waals surface area contributed by atoms with E-state index in [1.807, 2.05) is 24.3 Å². The number of carbonyl (C=O) groups excluding carboxylic acids is 1. The van der Waals surface area contributed by atoms with Crippen LogP contribution in [0, 0.1) is 11.6 Å². The molecule has 0 bridgehead atoms. The highest BCUT2D eigenvalue weighted by atomic mass is 19.1. The second-order valence-corrected chi connectivity index (χ2v) is 6.97. The van der Waals surface area contributed by atoms with Gasteiger partial charge in [0, 0.05) is 43.4 Å². The zero-order chi connectivity index (χ0) is 21.1. The summed E-state index contributed by atoms with van der Waals surface area (Å²) < 4.78 is 37.2. The topological polar surface area (TPSA) is 71.7 Å². The zero-order valence-electron chi connectivity index (χ0n) is 16.3. The van der Waals surface area contributed by atoms with Crippen molar-refractivity contribution >= 4 is 5.91 Å². The van der Waals surface area contributed by atoms with Crippen LogP contribution in [0.3, 0.4) is 0 Å². The smallest absolute Gasteiger partial charge is 0.254 e. The molecule has 0 radical (unpaired) electrons. The summed E-state index contributed by atoms with van der Waals surface area (Å²) in [6, 6.07) is 10.2. The van der Waals surface area contributed by atoms with E-state index in [4.69, 9.17) is 9.26 Å². The van der Waals surface area contributed by atoms with Gasteiger partial charge in [0.1, 0.15) is 17.4 Å². The van der Waals surface area contributed by atoms with Crippen LogP contribution in [0.15, 0.2) is 47.0 Å². The van der Waals surface area contributed by atoms with Crippen molar-refractivity contribution in [2.24, 2.45) is 0 Å². The van der Waals surface area contributed by atoms with Crippen molar-refractivity contribution in [1.29, 1.82) is 0 Å². The molecule has 4 rings (SSSR count). The Kier molecular flexibility index (Phi) is 5.71. The molecule has 1 aliphatic heterocycles. The van der Waals surface area contributed by atoms with Gasteiger partial charge in [-0.3, -0.25) is 9.69 Å². The highest BCUT2D eigenvalue weighted by Gasteiger charge is 2.24. The number of carbonyl (C=O) groups is 1. The van der Waals surface area contributed by atoms with Crippen molar-refractivity contribution < 1.29 is 22.8 Å². The van der Waals surface area contributed by atoms with E-state index in [0.29, 0.717) is 44.4 Å². The van der Waals surface area contributed by atoms with Crippen molar-refractivity contribution in [2.75, 3.05) is 33.3 Å². The fourth-order valence-electron chi connectivity index (χ4n) is 3.34. The Bertz CT molecular complexity index is 1010. The Morgan fingerprint density at radius 2 is 1.73 bits per heavy atom. The molecule has 156 valence electrons. The number of amides is 1. The van der Waals surface area contributed by atoms with Gasteiger partial charge < -0.3 is 14.2 Å². The fourth-order valence-corrected chi connectivity index (χ4v) is 3.34. The van der Waals surface area contributed by atoms with Crippen LogP contribution >= 0.6 is 0 Å². The molecule has 1 saturated heterocycles. The maximum absolute atomic E-state index is 13.4. The summed E-state index contributed by atoms with van der Waals surface area (Å²) in [7, 11) is 1.60. The molecule has 1 amide bonds. The van der Waals surface area contributed by atoms with E-state index in [2.05, 4.69) is 15.0 Å². The van der Waals surface area contributed by atoms with Crippen molar-refractivity contribution in [3.63, 3.8) is 0 Å². The third-order valence-electron chi connectivity index (χ3n) is 4.94. The Hall–Kier alpha value is -3.33. The third-order valence-corrected chi connectivity index (χ3v) is 4.94. The number of hydrogen-bond acceptors (Lipinski definition) is 6. The number of benzene rings is 2. The van der Waals surface area contributed by atoms with Gasteiger partial charge in [0.05, 0.1) is 13.7 Å². The quantitative estimate of drug-likeness (QED) is 0.639. The molecule has 0 atom stereocenters. The first-order valence-electron chi connectivity index (χ1n) is 9.46. The fraction of sp³-hybridized carbons (Fsp3) is 0.286. The van der Waals surface area contributed by atoms with Crippen LogP contribution in [0.5, 0.6) is 5.75 Å². The minimum absolute atomic E-state index is 0.0157. The SMILES string of the molecule is COc1ccc(-c2noc(CN3CCN(C(=O)c4cc(F)cc(F)c4)CC3)n2)cc1. The minimum atomic E-state index is -0.763. The highest BCUT2D eigenvalue weighted by Crippen LogP contribution is 2.20. The Morgan fingerprint density at radius 1 is 1.07 bits per heavy atom. The monoisotopic (exact) mass is 414 g/mol. The third kappa shape index (κ3) is 4.46. The lowest BCUT2D eigenvalue weighted by atomic mass is 10.1. The van der Waals surface area contributed by atoms with Crippen LogP contribution in [0.1, 0.15) is 16.2 Å². The maximum atomic E-state index is 13.4. The van der Waals surface area contributed by atoms with E-state index in [1.165, 1.54) is 0 Å². The molecule has 1 aromatic heterocycles. The molecule has 30 heavy (non-hydrogen) atoms. The average molecular weight is 414 g/mol. The Labute approximate surface area is 171 Å². The van der Waals surface area contributed by atoms with Gasteiger partial charge in [-0.25, -0.2) is 8.78 Å². The number of methoxy groups -OCH3 is 1. The lowest BCUT2D eigenvalue weighted by Crippen LogP contribution is -2.48. The number of hydrogen-bond donors (Lipinski definition) is 0. The molecule has 0 spiro atoms. The molecule has 1 fully saturated rings. The van der Waals surface area contributed by atoms with Crippen LogP contribution in [0.25, 0.3) is 11.4 Å². The van der Waals surface area contributed by atoms with Crippen LogP contribution < -0.4 is 4.74 Å². The molecule has 1 aliphatic rings. The molecule has 0 unspecified atom stereocenters. The normalized spacial score (nSPS) is 14.7. The van der Waals surface area contributed by atoms with Gasteiger partial charge in [0.25, 0.3) is 5.91 Å². The molecule has 0 saturated carbocycles. The van der Waals surface area contributed by atoms with Gasteiger partial charge in [-0.1, -0.05) is 5.16 Å². The van der Waals surface area contributed by atoms with Gasteiger partial charge in [-0.2, -0.15) is 4.98 Å². The van der Waals surface area contributed by atoms with Crippen molar-refractivity contribution in [1.82, 2.24) is 19.9 Å². The number of aromatic nitrogens is 2. The number of ether oxygens (including phenoxy) is 1. The van der Waals surface area contributed by atoms with E-state index in [-0.39, 0.29) is 11.5 Å². The lowest BCUT2D eigenvalue weighted by Gasteiger charge is -2.34. The average Bonchev–Trinajstić information content (AvgIpc) is 3.21. The number of piperazine rings is 1. The van der Waals surface area contributed by atoms with E-state index in [0.717, 1.165) is 29.5 Å². The summed E-state index contributed by atoms with van der Waals surface area (Å²) >= 11 is 0. The largest absolute Gasteiger partial charge is 0.497 e. The van der Waals surface area contributed by atoms with Crippen LogP contribution in [-0.4, -0.2) is 59.1 Å². The molecular formula is C21H20F2N4O3. The standard InChI is InChI=1S/C21H20F2N4O3/c1-29-18-4-2-14(3-5-18)20-24-19(30-25-20)13-26-6-8-27(9-7-26)21(28)15-10-16(22)12-17(23)11-15/h2-5,10-12H,6-9,13H2,1H3. The van der Waals surface area contributed by atoms with Gasteiger partial charge in [-0.05, 0) is 36.4 Å². The second-order valence-electron chi connectivity index (χ2n) is 6.97. The first kappa shape index (κ1) is 20.0. The molecule has 2 heterocycles. The molecule has 2 aromatic carbocycles. The van der Waals surface area contributed by atoms with Crippen LogP contribution in [0.4, 0.5) is 8.78 Å². The van der Waals surface area contributed by atoms with E-state index in [9.17, 15) is 13.6 Å². The van der Waals surface area contributed by atoms with E-state index in [1.54, 1.807) is 12.0 Å². The van der Waals surface area contributed by atoms with Crippen LogP contribution in [0.2, 0.25) is 0 Å². The summed E-state index contributed by atoms with van der Waals surface area (Å²) in [5.74, 6) is -0.187. The van der Waals surface area contributed by atoms with Crippen LogP contribution in [-0.2, 0) is 6.54 Å². The summed E-state index contributed by atoms with van der Waals surface area (Å²) in [6.45, 7) is 2.51. The maximum Gasteiger partial charge on any atom is 0.254 e. The predicted molar refractivity (Wildman–Crippen MR) is 104 cm³/mol. The van der Waals surface area contributed by atoms with Crippen molar-refractivity contribution in [3.8, 4) is 17.1 Å². The summed E-state index contributed by atoms with van der Waals surface area (Å²) in [5.41, 5.74) is 0.838. The first-order chi connectivity index (χ1) is 14.5. The predicted octanol–water partition coefficient (Wildman–Crippen LogP) is 2.98. The summed E-state index contributed by atoms with van der Waals surface area (Å²) in [4.78, 5) is 20.6. The number of halogens is 2. The molecular weight excluding hydrogens is 394 g/mol. The highest BCUT2D eigenvalue weighted by molar-refractivity contribution is 5.94. The van der Waals surface area contributed by atoms with Crippen molar-refractivity contribution in [3.05, 3.63) is 65.6 Å². The Morgan fingerprint density at radius 3 is 2.37 bits per heavy atom. The summed E-state index contributed by atoms with van der Waals surface area (Å²) in [5, 5.41) is 4.02. The van der Waals surface area contributed by atoms with Gasteiger partial charge in [0.2, 0.25) is 11.7 Å². The number of nitrogens with zero attached hydrogens (tertiary/aromatic N) is 4. The van der Waals surface area contributed by atoms with Gasteiger partial charge in [0.15, 0.2) is 0 Å². The minimum Gasteiger partial charge on any atom is -0.497 e. The van der Waals surface area contributed by atoms with E-state index >= 15 is 0 Å². The molecule has 0 aliphatic carbocycles.